The predicted octanol–water partition coefficient (Wildman–Crippen LogP) is 1.76. The molecule has 3 aliphatic heterocycles. The van der Waals surface area contributed by atoms with E-state index in [-0.39, 0.29) is 16.7 Å². The standard InChI is InChI=1S/C20H25ClN6O2/c1-25-14-2-3-15(25)11-27(10-14)13-4-6-22-18(8-13)29-16-5-7-26(12-16)17-9-23-24-20(28)19(17)21/h4,6,8-9,14-16H,2-3,5,7,10-12H2,1H3,(H,24,28)/t14?,15?,16-/m1/s1. The van der Waals surface area contributed by atoms with Gasteiger partial charge in [-0.25, -0.2) is 10.1 Å². The van der Waals surface area contributed by atoms with Crippen LogP contribution in [0.1, 0.15) is 19.3 Å². The summed E-state index contributed by atoms with van der Waals surface area (Å²) in [7, 11) is 2.24. The predicted molar refractivity (Wildman–Crippen MR) is 112 cm³/mol. The van der Waals surface area contributed by atoms with Gasteiger partial charge in [0.15, 0.2) is 0 Å². The topological polar surface area (TPSA) is 77.6 Å². The van der Waals surface area contributed by atoms with Gasteiger partial charge in [0.1, 0.15) is 11.1 Å². The number of nitrogens with one attached hydrogen (secondary N) is 1. The van der Waals surface area contributed by atoms with Crippen molar-refractivity contribution in [3.8, 4) is 5.88 Å². The maximum Gasteiger partial charge on any atom is 0.285 e. The Bertz CT molecular complexity index is 939. The van der Waals surface area contributed by atoms with Crippen LogP contribution < -0.4 is 20.1 Å². The van der Waals surface area contributed by atoms with Gasteiger partial charge in [0.25, 0.3) is 5.56 Å². The number of piperazine rings is 1. The van der Waals surface area contributed by atoms with Gasteiger partial charge in [0.05, 0.1) is 18.4 Å². The smallest absolute Gasteiger partial charge is 0.285 e. The Morgan fingerprint density at radius 3 is 2.76 bits per heavy atom. The summed E-state index contributed by atoms with van der Waals surface area (Å²) in [6.07, 6.45) is 6.82. The number of hydrogen-bond acceptors (Lipinski definition) is 7. The Morgan fingerprint density at radius 1 is 1.17 bits per heavy atom. The van der Waals surface area contributed by atoms with Crippen molar-refractivity contribution in [1.29, 1.82) is 0 Å². The third kappa shape index (κ3) is 3.55. The minimum Gasteiger partial charge on any atom is -0.472 e. The highest BCUT2D eigenvalue weighted by Gasteiger charge is 2.37. The van der Waals surface area contributed by atoms with Crippen LogP contribution in [-0.4, -0.2) is 71.5 Å². The van der Waals surface area contributed by atoms with E-state index < -0.39 is 0 Å². The first kappa shape index (κ1) is 18.7. The van der Waals surface area contributed by atoms with Gasteiger partial charge < -0.3 is 14.5 Å². The second-order valence-electron chi connectivity index (χ2n) is 8.18. The van der Waals surface area contributed by atoms with E-state index in [9.17, 15) is 4.79 Å². The number of likely N-dealkylation sites (N-methyl/N-ethyl adjacent to an activating group) is 1. The molecule has 0 saturated carbocycles. The van der Waals surface area contributed by atoms with Gasteiger partial charge in [-0.2, -0.15) is 5.10 Å². The van der Waals surface area contributed by atoms with Crippen LogP contribution in [0.5, 0.6) is 5.88 Å². The van der Waals surface area contributed by atoms with Gasteiger partial charge in [0, 0.05) is 56.1 Å². The molecule has 2 aromatic rings. The SMILES string of the molecule is CN1C2CCC1CN(c1ccnc(O[C@@H]3CCN(c4cn[nH]c(=O)c4Cl)C3)c1)C2. The molecule has 5 heterocycles. The maximum absolute atomic E-state index is 11.7. The molecule has 2 aromatic heterocycles. The normalized spacial score (nSPS) is 26.9. The molecule has 5 rings (SSSR count). The summed E-state index contributed by atoms with van der Waals surface area (Å²) >= 11 is 6.14. The molecule has 154 valence electrons. The van der Waals surface area contributed by atoms with Crippen LogP contribution in [0, 0.1) is 0 Å². The third-order valence-electron chi connectivity index (χ3n) is 6.48. The highest BCUT2D eigenvalue weighted by Crippen LogP contribution is 2.32. The fraction of sp³-hybridized carbons (Fsp3) is 0.550. The molecule has 1 N–H and O–H groups in total. The monoisotopic (exact) mass is 416 g/mol. The Kier molecular flexibility index (Phi) is 4.83. The van der Waals surface area contributed by atoms with Crippen molar-refractivity contribution in [3.63, 3.8) is 0 Å². The molecule has 0 amide bonds. The van der Waals surface area contributed by atoms with Crippen LogP contribution in [0.15, 0.2) is 29.3 Å². The highest BCUT2D eigenvalue weighted by molar-refractivity contribution is 6.33. The van der Waals surface area contributed by atoms with Gasteiger partial charge in [-0.1, -0.05) is 11.6 Å². The lowest BCUT2D eigenvalue weighted by Gasteiger charge is -2.40. The van der Waals surface area contributed by atoms with E-state index in [4.69, 9.17) is 16.3 Å². The molecule has 3 aliphatic rings. The van der Waals surface area contributed by atoms with Gasteiger partial charge in [-0.15, -0.1) is 0 Å². The zero-order valence-corrected chi connectivity index (χ0v) is 17.2. The van der Waals surface area contributed by atoms with E-state index in [2.05, 4.69) is 44.2 Å². The number of aromatic amines is 1. The van der Waals surface area contributed by atoms with Crippen molar-refractivity contribution in [3.05, 3.63) is 39.9 Å². The Balaban J connectivity index is 1.26. The minimum absolute atomic E-state index is 0.00299. The van der Waals surface area contributed by atoms with Crippen molar-refractivity contribution < 1.29 is 4.74 Å². The van der Waals surface area contributed by atoms with Gasteiger partial charge in [-0.3, -0.25) is 9.69 Å². The number of aromatic nitrogens is 3. The summed E-state index contributed by atoms with van der Waals surface area (Å²) in [5, 5.41) is 6.38. The van der Waals surface area contributed by atoms with Crippen molar-refractivity contribution >= 4 is 23.0 Å². The van der Waals surface area contributed by atoms with Crippen molar-refractivity contribution in [2.24, 2.45) is 0 Å². The summed E-state index contributed by atoms with van der Waals surface area (Å²) in [5.74, 6) is 0.649. The number of fused-ring (bicyclic) bond motifs is 2. The van der Waals surface area contributed by atoms with Gasteiger partial charge >= 0.3 is 0 Å². The first-order valence-electron chi connectivity index (χ1n) is 10.2. The van der Waals surface area contributed by atoms with Gasteiger partial charge in [0.2, 0.25) is 5.88 Å². The van der Waals surface area contributed by atoms with Crippen LogP contribution in [0.25, 0.3) is 0 Å². The van der Waals surface area contributed by atoms with E-state index in [1.54, 1.807) is 6.20 Å². The van der Waals surface area contributed by atoms with E-state index >= 15 is 0 Å². The molecule has 0 aliphatic carbocycles. The lowest BCUT2D eigenvalue weighted by atomic mass is 10.2. The maximum atomic E-state index is 11.7. The summed E-state index contributed by atoms with van der Waals surface area (Å²) in [5.41, 5.74) is 1.46. The molecule has 2 bridgehead atoms. The Labute approximate surface area is 174 Å². The van der Waals surface area contributed by atoms with Gasteiger partial charge in [-0.05, 0) is 26.0 Å². The Morgan fingerprint density at radius 2 is 1.97 bits per heavy atom. The minimum atomic E-state index is -0.371. The lowest BCUT2D eigenvalue weighted by molar-refractivity contribution is 0.210. The number of pyridine rings is 1. The average molecular weight is 417 g/mol. The van der Waals surface area contributed by atoms with Crippen LogP contribution in [0.2, 0.25) is 5.02 Å². The molecule has 3 fully saturated rings. The number of ether oxygens (including phenoxy) is 1. The van der Waals surface area contributed by atoms with Crippen molar-refractivity contribution in [2.45, 2.75) is 37.5 Å². The zero-order chi connectivity index (χ0) is 20.0. The molecule has 2 unspecified atom stereocenters. The number of anilines is 2. The summed E-state index contributed by atoms with van der Waals surface area (Å²) < 4.78 is 6.18. The molecular weight excluding hydrogens is 392 g/mol. The summed E-state index contributed by atoms with van der Waals surface area (Å²) in [4.78, 5) is 23.1. The van der Waals surface area contributed by atoms with Crippen LogP contribution in [0.4, 0.5) is 11.4 Å². The number of halogens is 1. The van der Waals surface area contributed by atoms with Crippen LogP contribution in [-0.2, 0) is 0 Å². The largest absolute Gasteiger partial charge is 0.472 e. The fourth-order valence-electron chi connectivity index (χ4n) is 4.79. The van der Waals surface area contributed by atoms with E-state index in [1.165, 1.54) is 18.5 Å². The molecule has 3 saturated heterocycles. The summed E-state index contributed by atoms with van der Waals surface area (Å²) in [6, 6.07) is 5.40. The highest BCUT2D eigenvalue weighted by atomic mass is 35.5. The number of nitrogens with zero attached hydrogens (tertiary/aromatic N) is 5. The van der Waals surface area contributed by atoms with Crippen LogP contribution in [0.3, 0.4) is 0 Å². The van der Waals surface area contributed by atoms with E-state index in [0.29, 0.717) is 30.2 Å². The second-order valence-corrected chi connectivity index (χ2v) is 8.56. The average Bonchev–Trinajstić information content (AvgIpc) is 3.23. The number of hydrogen-bond donors (Lipinski definition) is 1. The van der Waals surface area contributed by atoms with Crippen molar-refractivity contribution in [1.82, 2.24) is 20.1 Å². The summed E-state index contributed by atoms with van der Waals surface area (Å²) in [6.45, 7) is 3.52. The quantitative estimate of drug-likeness (QED) is 0.813. The molecule has 0 radical (unpaired) electrons. The molecule has 8 nitrogen and oxygen atoms in total. The third-order valence-corrected chi connectivity index (χ3v) is 6.85. The number of H-pyrrole nitrogens is 1. The van der Waals surface area contributed by atoms with Crippen LogP contribution >= 0.6 is 11.6 Å². The molecule has 0 spiro atoms. The number of rotatable bonds is 4. The molecular formula is C20H25ClN6O2. The molecule has 0 aromatic carbocycles. The van der Waals surface area contributed by atoms with E-state index in [1.807, 2.05) is 11.1 Å². The second kappa shape index (κ2) is 7.50. The van der Waals surface area contributed by atoms with E-state index in [0.717, 1.165) is 26.1 Å². The molecule has 3 atom stereocenters. The molecule has 29 heavy (non-hydrogen) atoms. The zero-order valence-electron chi connectivity index (χ0n) is 16.4. The Hall–Kier alpha value is -2.32. The molecule has 9 heteroatoms. The van der Waals surface area contributed by atoms with Crippen molar-refractivity contribution in [2.75, 3.05) is 43.0 Å². The lowest BCUT2D eigenvalue weighted by Crippen LogP contribution is -2.52. The fourth-order valence-corrected chi connectivity index (χ4v) is 5.00. The first-order chi connectivity index (χ1) is 14.1. The first-order valence-corrected chi connectivity index (χ1v) is 10.5.